The van der Waals surface area contributed by atoms with Crippen LogP contribution >= 0.6 is 0 Å². The summed E-state index contributed by atoms with van der Waals surface area (Å²) in [5.41, 5.74) is -0.662. The number of carbonyl (C=O) groups excluding carboxylic acids is 13. The number of aryl methyl sites for hydroxylation is 1. The maximum Gasteiger partial charge on any atom is 0.323 e. The molecule has 0 saturated heterocycles. The molecule has 28 nitrogen and oxygen atoms in total. The number of anilines is 1. The van der Waals surface area contributed by atoms with E-state index in [0.717, 1.165) is 73.3 Å². The Hall–Kier alpha value is -9.59. The number of imide groups is 1. The van der Waals surface area contributed by atoms with Gasteiger partial charge in [0.1, 0.15) is 6.54 Å². The third kappa shape index (κ3) is 20.3. The molecular weight excluding hydrogens is 1160 g/mol. The van der Waals surface area contributed by atoms with Gasteiger partial charge in [-0.1, -0.05) is 6.07 Å². The smallest absolute Gasteiger partial charge is 0.323 e. The molecule has 0 atom stereocenters. The Morgan fingerprint density at radius 2 is 0.744 bits per heavy atom. The zero-order chi connectivity index (χ0) is 65.2. The first-order valence-electron chi connectivity index (χ1n) is 25.7. The fourth-order valence-electron chi connectivity index (χ4n) is 7.38. The van der Waals surface area contributed by atoms with Crippen molar-refractivity contribution in [2.24, 2.45) is 0 Å². The summed E-state index contributed by atoms with van der Waals surface area (Å²) in [7, 11) is 12.7. The number of carboxylic acid groups (broad SMARTS) is 1. The number of rotatable bonds is 30. The van der Waals surface area contributed by atoms with E-state index in [1.165, 1.54) is 70.5 Å². The van der Waals surface area contributed by atoms with E-state index in [2.05, 4.69) is 4.74 Å². The zero-order valence-electron chi connectivity index (χ0n) is 48.8. The standard InChI is InChI=1S/C53H66F5N11O17/c1-59(35(70)12-11-19-85-52-31(13-15-34(51(52)58)69-36(71)16-17-37(69)72)14-18-48(84)86-53-49(56)32(54)20-33(55)50(53)57)21-38(73)60(2)22-39(74)61(3)23-40(75)62(4)24-41(76)63(5)25-42(77)64(6)26-43(78)65(7)27-44(79)66(8)28-45(80)67(9)29-46(81)68(10)30-47(82)83/h13,15-17,20H,11-12,14,18-19,21-30H2,1-10H3,(H,82,83). The summed E-state index contributed by atoms with van der Waals surface area (Å²) in [5.74, 6) is -22.5. The minimum Gasteiger partial charge on any atom is -0.490 e. The van der Waals surface area contributed by atoms with Gasteiger partial charge in [0.2, 0.25) is 76.5 Å². The lowest BCUT2D eigenvalue weighted by Gasteiger charge is -2.27. The van der Waals surface area contributed by atoms with Gasteiger partial charge in [0.25, 0.3) is 11.8 Å². The predicted molar refractivity (Wildman–Crippen MR) is 287 cm³/mol. The molecule has 1 heterocycles. The quantitative estimate of drug-likeness (QED) is 0.0225. The monoisotopic (exact) mass is 1220 g/mol. The fraction of sp³-hybridized carbons (Fsp3) is 0.472. The lowest BCUT2D eigenvalue weighted by atomic mass is 10.1. The van der Waals surface area contributed by atoms with Crippen molar-refractivity contribution in [3.05, 3.63) is 65.0 Å². The van der Waals surface area contributed by atoms with E-state index in [9.17, 15) is 84.7 Å². The molecule has 0 unspecified atom stereocenters. The van der Waals surface area contributed by atoms with Crippen LogP contribution in [0.15, 0.2) is 30.4 Å². The molecule has 1 aliphatic heterocycles. The number of benzene rings is 2. The van der Waals surface area contributed by atoms with Crippen molar-refractivity contribution in [3.8, 4) is 11.5 Å². The van der Waals surface area contributed by atoms with Crippen LogP contribution in [0.4, 0.5) is 27.6 Å². The largest absolute Gasteiger partial charge is 0.490 e. The number of hydrogen-bond acceptors (Lipinski definition) is 16. The van der Waals surface area contributed by atoms with Crippen LogP contribution in [0, 0.1) is 29.1 Å². The molecule has 0 bridgehead atoms. The Morgan fingerprint density at radius 3 is 1.07 bits per heavy atom. The van der Waals surface area contributed by atoms with Gasteiger partial charge in [-0.3, -0.25) is 67.1 Å². The van der Waals surface area contributed by atoms with Crippen molar-refractivity contribution in [1.82, 2.24) is 49.0 Å². The highest BCUT2D eigenvalue weighted by Gasteiger charge is 2.32. The van der Waals surface area contributed by atoms with Gasteiger partial charge in [0, 0.05) is 95.1 Å². The first-order valence-corrected chi connectivity index (χ1v) is 25.7. The molecule has 33 heteroatoms. The van der Waals surface area contributed by atoms with E-state index < -0.39 is 214 Å². The summed E-state index contributed by atoms with van der Waals surface area (Å²) in [5, 5.41) is 8.86. The van der Waals surface area contributed by atoms with E-state index in [1.54, 1.807) is 0 Å². The maximum absolute atomic E-state index is 16.0. The van der Waals surface area contributed by atoms with Crippen LogP contribution in [0.1, 0.15) is 24.8 Å². The van der Waals surface area contributed by atoms with Crippen molar-refractivity contribution >= 4 is 88.5 Å². The third-order valence-corrected chi connectivity index (χ3v) is 12.9. The Kier molecular flexibility index (Phi) is 26.2. The second kappa shape index (κ2) is 31.9. The van der Waals surface area contributed by atoms with Gasteiger partial charge in [-0.15, -0.1) is 0 Å². The Balaban J connectivity index is 1.45. The summed E-state index contributed by atoms with van der Waals surface area (Å²) >= 11 is 0. The second-order valence-corrected chi connectivity index (χ2v) is 19.8. The van der Waals surface area contributed by atoms with Gasteiger partial charge in [-0.2, -0.15) is 8.78 Å². The number of halogens is 5. The highest BCUT2D eigenvalue weighted by molar-refractivity contribution is 6.28. The molecular formula is C53H66F5N11O17. The van der Waals surface area contributed by atoms with Crippen LogP contribution in [0.5, 0.6) is 11.5 Å². The zero-order valence-corrected chi connectivity index (χ0v) is 48.8. The van der Waals surface area contributed by atoms with Crippen molar-refractivity contribution < 1.29 is 104 Å². The van der Waals surface area contributed by atoms with Crippen molar-refractivity contribution in [2.75, 3.05) is 147 Å². The first-order chi connectivity index (χ1) is 40.1. The average molecular weight is 1220 g/mol. The molecule has 0 aliphatic carbocycles. The number of nitrogens with zero attached hydrogens (tertiary/aromatic N) is 11. The molecule has 0 saturated carbocycles. The fourth-order valence-corrected chi connectivity index (χ4v) is 7.38. The van der Waals surface area contributed by atoms with Crippen molar-refractivity contribution in [3.63, 3.8) is 0 Å². The van der Waals surface area contributed by atoms with Crippen LogP contribution in [0.25, 0.3) is 0 Å². The van der Waals surface area contributed by atoms with Gasteiger partial charge in [-0.05, 0) is 24.5 Å². The minimum atomic E-state index is -1.99. The highest BCUT2D eigenvalue weighted by Crippen LogP contribution is 2.34. The van der Waals surface area contributed by atoms with E-state index in [4.69, 9.17) is 9.84 Å². The van der Waals surface area contributed by atoms with E-state index in [0.29, 0.717) is 4.90 Å². The molecule has 12 amide bonds. The topological polar surface area (TPSA) is 313 Å². The van der Waals surface area contributed by atoms with Gasteiger partial charge in [0.05, 0.1) is 77.6 Å². The number of aliphatic carboxylic acids is 1. The number of carbonyl (C=O) groups is 14. The number of ether oxygens (including phenoxy) is 2. The molecule has 86 heavy (non-hydrogen) atoms. The molecule has 3 rings (SSSR count). The number of hydrogen-bond donors (Lipinski definition) is 1. The Morgan fingerprint density at radius 1 is 0.430 bits per heavy atom. The number of likely N-dealkylation sites (N-methyl/N-ethyl adjacent to an activating group) is 10. The van der Waals surface area contributed by atoms with Crippen LogP contribution in [0.3, 0.4) is 0 Å². The number of esters is 1. The molecule has 470 valence electrons. The van der Waals surface area contributed by atoms with Gasteiger partial charge in [-0.25, -0.2) is 18.1 Å². The van der Waals surface area contributed by atoms with Gasteiger partial charge < -0.3 is 63.6 Å². The molecule has 0 radical (unpaired) electrons. The van der Waals surface area contributed by atoms with Crippen molar-refractivity contribution in [1.29, 1.82) is 0 Å². The first kappa shape index (κ1) is 70.7. The molecule has 1 aliphatic rings. The minimum absolute atomic E-state index is 0.0986. The summed E-state index contributed by atoms with van der Waals surface area (Å²) in [6.07, 6.45) is 0.0664. The average Bonchev–Trinajstić information content (AvgIpc) is 3.03. The van der Waals surface area contributed by atoms with Crippen molar-refractivity contribution in [2.45, 2.75) is 25.7 Å². The molecule has 0 aromatic heterocycles. The van der Waals surface area contributed by atoms with Crippen LogP contribution in [-0.2, 0) is 73.5 Å². The SMILES string of the molecule is CN(CC(=O)O)C(=O)CN(C)C(=O)CN(C)C(=O)CN(C)C(=O)CN(C)C(=O)CN(C)C(=O)CN(C)C(=O)CN(C)C(=O)CN(C)C(=O)CN(C)C(=O)CCCOc1c(CCC(=O)Oc2c(F)c(F)cc(F)c2F)ccc(N2C(=O)C=CC2=O)c1F. The normalized spacial score (nSPS) is 11.5. The lowest BCUT2D eigenvalue weighted by molar-refractivity contribution is -0.147. The van der Waals surface area contributed by atoms with Crippen LogP contribution < -0.4 is 14.4 Å². The van der Waals surface area contributed by atoms with Gasteiger partial charge in [0.15, 0.2) is 23.2 Å². The highest BCUT2D eigenvalue weighted by atomic mass is 19.2. The Bertz CT molecular complexity index is 3000. The number of carboxylic acids is 1. The maximum atomic E-state index is 16.0. The summed E-state index contributed by atoms with van der Waals surface area (Å²) in [6.45, 7) is -5.67. The molecule has 2 aromatic carbocycles. The van der Waals surface area contributed by atoms with E-state index in [1.807, 2.05) is 0 Å². The number of amides is 12. The summed E-state index contributed by atoms with van der Waals surface area (Å²) < 4.78 is 81.7. The summed E-state index contributed by atoms with van der Waals surface area (Å²) in [6, 6.07) is 2.08. The lowest BCUT2D eigenvalue weighted by Crippen LogP contribution is -2.49. The molecule has 0 fully saturated rings. The molecule has 1 N–H and O–H groups in total. The van der Waals surface area contributed by atoms with Crippen LogP contribution in [0.2, 0.25) is 0 Å². The van der Waals surface area contributed by atoms with E-state index in [-0.39, 0.29) is 24.5 Å². The molecule has 0 spiro atoms. The summed E-state index contributed by atoms with van der Waals surface area (Å²) in [4.78, 5) is 187. The predicted octanol–water partition coefficient (Wildman–Crippen LogP) is -1.82. The Labute approximate surface area is 489 Å². The van der Waals surface area contributed by atoms with Gasteiger partial charge >= 0.3 is 11.9 Å². The van der Waals surface area contributed by atoms with E-state index >= 15 is 4.39 Å². The third-order valence-electron chi connectivity index (χ3n) is 12.9. The second-order valence-electron chi connectivity index (χ2n) is 19.8. The van der Waals surface area contributed by atoms with Crippen LogP contribution in [-0.4, -0.2) is 279 Å². The molecule has 2 aromatic rings.